The number of ether oxygens (including phenoxy) is 1. The summed E-state index contributed by atoms with van der Waals surface area (Å²) in [6.45, 7) is 2.07. The first-order valence-corrected chi connectivity index (χ1v) is 5.74. The molecule has 0 bridgehead atoms. The van der Waals surface area contributed by atoms with Crippen molar-refractivity contribution in [3.8, 4) is 0 Å². The summed E-state index contributed by atoms with van der Waals surface area (Å²) in [4.78, 5) is 14.0. The predicted octanol–water partition coefficient (Wildman–Crippen LogP) is 0.395. The lowest BCUT2D eigenvalue weighted by molar-refractivity contribution is -0.151. The van der Waals surface area contributed by atoms with Gasteiger partial charge in [0.1, 0.15) is 0 Å². The lowest BCUT2D eigenvalue weighted by Gasteiger charge is -2.28. The minimum atomic E-state index is -0.523. The molecular formula is C11H19NO3. The molecule has 2 rings (SSSR count). The highest BCUT2D eigenvalue weighted by Crippen LogP contribution is 2.31. The van der Waals surface area contributed by atoms with Crippen LogP contribution in [0.25, 0.3) is 0 Å². The molecule has 0 saturated carbocycles. The first-order chi connectivity index (χ1) is 7.24. The Bertz CT molecular complexity index is 244. The molecule has 0 aromatic carbocycles. The van der Waals surface area contributed by atoms with E-state index in [-0.39, 0.29) is 17.9 Å². The Kier molecular flexibility index (Phi) is 3.26. The van der Waals surface area contributed by atoms with Gasteiger partial charge in [-0.2, -0.15) is 0 Å². The molecule has 0 aromatic heterocycles. The highest BCUT2D eigenvalue weighted by atomic mass is 16.5. The number of hydrogen-bond donors (Lipinski definition) is 1. The molecule has 0 aliphatic carbocycles. The molecule has 2 saturated heterocycles. The quantitative estimate of drug-likeness (QED) is 0.640. The molecular weight excluding hydrogens is 194 g/mol. The topological polar surface area (TPSA) is 49.8 Å². The smallest absolute Gasteiger partial charge is 0.312 e. The van der Waals surface area contributed by atoms with E-state index in [1.807, 2.05) is 0 Å². The number of nitrogens with zero attached hydrogens (tertiary/aromatic N) is 1. The van der Waals surface area contributed by atoms with Gasteiger partial charge in [0.2, 0.25) is 0 Å². The third-order valence-corrected chi connectivity index (χ3v) is 3.66. The van der Waals surface area contributed by atoms with Crippen LogP contribution in [-0.2, 0) is 9.53 Å². The van der Waals surface area contributed by atoms with Crippen molar-refractivity contribution in [3.05, 3.63) is 0 Å². The van der Waals surface area contributed by atoms with Crippen LogP contribution in [0.4, 0.5) is 0 Å². The zero-order valence-electron chi connectivity index (χ0n) is 9.19. The van der Waals surface area contributed by atoms with E-state index in [2.05, 4.69) is 4.90 Å². The molecule has 0 amide bonds. The summed E-state index contributed by atoms with van der Waals surface area (Å²) < 4.78 is 4.80. The second-order valence-electron chi connectivity index (χ2n) is 4.50. The van der Waals surface area contributed by atoms with Gasteiger partial charge in [0.05, 0.1) is 19.1 Å². The number of fused-ring (bicyclic) bond motifs is 1. The van der Waals surface area contributed by atoms with Gasteiger partial charge in [-0.05, 0) is 38.8 Å². The number of hydrogen-bond acceptors (Lipinski definition) is 4. The van der Waals surface area contributed by atoms with E-state index >= 15 is 0 Å². The zero-order valence-corrected chi connectivity index (χ0v) is 9.19. The molecule has 0 aromatic rings. The Morgan fingerprint density at radius 3 is 2.67 bits per heavy atom. The number of aliphatic hydroxyl groups is 1. The zero-order chi connectivity index (χ0) is 10.8. The molecule has 4 nitrogen and oxygen atoms in total. The average molecular weight is 213 g/mol. The van der Waals surface area contributed by atoms with E-state index in [0.29, 0.717) is 6.42 Å². The van der Waals surface area contributed by atoms with Gasteiger partial charge in [-0.25, -0.2) is 0 Å². The van der Waals surface area contributed by atoms with Crippen LogP contribution in [0.2, 0.25) is 0 Å². The highest BCUT2D eigenvalue weighted by Gasteiger charge is 2.42. The van der Waals surface area contributed by atoms with Gasteiger partial charge < -0.3 is 9.84 Å². The van der Waals surface area contributed by atoms with Crippen molar-refractivity contribution in [1.29, 1.82) is 0 Å². The molecule has 2 aliphatic heterocycles. The fourth-order valence-electron chi connectivity index (χ4n) is 2.93. The second kappa shape index (κ2) is 4.49. The van der Waals surface area contributed by atoms with Crippen molar-refractivity contribution in [3.63, 3.8) is 0 Å². The van der Waals surface area contributed by atoms with Crippen molar-refractivity contribution >= 4 is 5.97 Å². The molecule has 2 heterocycles. The largest absolute Gasteiger partial charge is 0.469 e. The molecule has 2 fully saturated rings. The van der Waals surface area contributed by atoms with Crippen molar-refractivity contribution in [2.45, 2.75) is 37.8 Å². The van der Waals surface area contributed by atoms with Crippen LogP contribution in [0.1, 0.15) is 25.7 Å². The van der Waals surface area contributed by atoms with Crippen molar-refractivity contribution < 1.29 is 14.6 Å². The Balaban J connectivity index is 2.17. The summed E-state index contributed by atoms with van der Waals surface area (Å²) in [5.41, 5.74) is 0. The first kappa shape index (κ1) is 10.9. The van der Waals surface area contributed by atoms with Crippen LogP contribution in [0.3, 0.4) is 0 Å². The van der Waals surface area contributed by atoms with E-state index in [1.54, 1.807) is 0 Å². The standard InChI is InChI=1S/C11H19NO3/c1-15-11(14)10-8-4-2-6-12(8)7-3-5-9(10)13/h8-10,13H,2-7H2,1H3/t8-,9-,10+/m1/s1. The summed E-state index contributed by atoms with van der Waals surface area (Å²) in [7, 11) is 1.40. The summed E-state index contributed by atoms with van der Waals surface area (Å²) in [5, 5.41) is 9.97. The van der Waals surface area contributed by atoms with Crippen LogP contribution in [-0.4, -0.2) is 48.3 Å². The Morgan fingerprint density at radius 1 is 1.33 bits per heavy atom. The maximum atomic E-state index is 11.7. The third kappa shape index (κ3) is 2.01. The summed E-state index contributed by atoms with van der Waals surface area (Å²) in [5.74, 6) is -0.582. The summed E-state index contributed by atoms with van der Waals surface area (Å²) in [6, 6.07) is 0.204. The number of esters is 1. The van der Waals surface area contributed by atoms with E-state index < -0.39 is 6.10 Å². The highest BCUT2D eigenvalue weighted by molar-refractivity contribution is 5.74. The SMILES string of the molecule is COC(=O)[C@@H]1[C@H](O)CCCN2CCC[C@H]12. The molecule has 15 heavy (non-hydrogen) atoms. The van der Waals surface area contributed by atoms with Crippen LogP contribution in [0.5, 0.6) is 0 Å². The molecule has 3 atom stereocenters. The minimum absolute atomic E-state index is 0.204. The lowest BCUT2D eigenvalue weighted by Crippen LogP contribution is -2.43. The monoisotopic (exact) mass is 213 g/mol. The number of aliphatic hydroxyl groups excluding tert-OH is 1. The van der Waals surface area contributed by atoms with Gasteiger partial charge >= 0.3 is 5.97 Å². The second-order valence-corrected chi connectivity index (χ2v) is 4.50. The molecule has 0 radical (unpaired) electrons. The Labute approximate surface area is 90.2 Å². The van der Waals surface area contributed by atoms with Crippen molar-refractivity contribution in [1.82, 2.24) is 4.90 Å². The van der Waals surface area contributed by atoms with Gasteiger partial charge in [-0.1, -0.05) is 0 Å². The van der Waals surface area contributed by atoms with Crippen LogP contribution < -0.4 is 0 Å². The fourth-order valence-corrected chi connectivity index (χ4v) is 2.93. The molecule has 0 unspecified atom stereocenters. The lowest BCUT2D eigenvalue weighted by atomic mass is 9.91. The summed E-state index contributed by atoms with van der Waals surface area (Å²) >= 11 is 0. The van der Waals surface area contributed by atoms with Crippen molar-refractivity contribution in [2.24, 2.45) is 5.92 Å². The van der Waals surface area contributed by atoms with Crippen molar-refractivity contribution in [2.75, 3.05) is 20.2 Å². The number of carbonyl (C=O) groups excluding carboxylic acids is 1. The van der Waals surface area contributed by atoms with Gasteiger partial charge in [0.25, 0.3) is 0 Å². The van der Waals surface area contributed by atoms with Crippen LogP contribution in [0, 0.1) is 5.92 Å². The number of methoxy groups -OCH3 is 1. The first-order valence-electron chi connectivity index (χ1n) is 5.74. The summed E-state index contributed by atoms with van der Waals surface area (Å²) in [6.07, 6.45) is 3.31. The Morgan fingerprint density at radius 2 is 2.00 bits per heavy atom. The minimum Gasteiger partial charge on any atom is -0.469 e. The van der Waals surface area contributed by atoms with Gasteiger partial charge in [0.15, 0.2) is 0 Å². The van der Waals surface area contributed by atoms with E-state index in [1.165, 1.54) is 7.11 Å². The van der Waals surface area contributed by atoms with E-state index in [9.17, 15) is 9.90 Å². The van der Waals surface area contributed by atoms with E-state index in [0.717, 1.165) is 32.4 Å². The van der Waals surface area contributed by atoms with Crippen LogP contribution >= 0.6 is 0 Å². The molecule has 2 aliphatic rings. The normalized spacial score (nSPS) is 37.1. The molecule has 4 heteroatoms. The number of rotatable bonds is 1. The van der Waals surface area contributed by atoms with Gasteiger partial charge in [-0.3, -0.25) is 9.69 Å². The van der Waals surface area contributed by atoms with Gasteiger partial charge in [-0.15, -0.1) is 0 Å². The van der Waals surface area contributed by atoms with E-state index in [4.69, 9.17) is 4.74 Å². The third-order valence-electron chi connectivity index (χ3n) is 3.66. The predicted molar refractivity (Wildman–Crippen MR) is 55.3 cm³/mol. The molecule has 0 spiro atoms. The Hall–Kier alpha value is -0.610. The maximum Gasteiger partial charge on any atom is 0.312 e. The average Bonchev–Trinajstić information content (AvgIpc) is 2.61. The van der Waals surface area contributed by atoms with Crippen LogP contribution in [0.15, 0.2) is 0 Å². The number of carbonyl (C=O) groups is 1. The fraction of sp³-hybridized carbons (Fsp3) is 0.909. The molecule has 86 valence electrons. The van der Waals surface area contributed by atoms with Gasteiger partial charge in [0, 0.05) is 6.04 Å². The molecule has 1 N–H and O–H groups in total. The maximum absolute atomic E-state index is 11.7.